The van der Waals surface area contributed by atoms with Gasteiger partial charge in [0.15, 0.2) is 11.6 Å². The van der Waals surface area contributed by atoms with Crippen LogP contribution in [0.25, 0.3) is 0 Å². The molecule has 7 nitrogen and oxygen atoms in total. The molecule has 0 fully saturated rings. The summed E-state index contributed by atoms with van der Waals surface area (Å²) in [5, 5.41) is 2.59. The van der Waals surface area contributed by atoms with Crippen molar-refractivity contribution in [2.45, 2.75) is 278 Å². The number of carbonyl (C=O) groups excluding carboxylic acids is 2. The van der Waals surface area contributed by atoms with Gasteiger partial charge >= 0.3 is 0 Å². The predicted octanol–water partition coefficient (Wildman–Crippen LogP) is 16.3. The molecular weight excluding hydrogens is 779 g/mol. The monoisotopic (exact) mass is 882 g/mol. The molecule has 0 saturated carbocycles. The number of ether oxygens (including phenoxy) is 2. The van der Waals surface area contributed by atoms with E-state index in [1.807, 2.05) is 0 Å². The minimum atomic E-state index is -0.260. The number of carbonyl (C=O) groups is 2. The lowest BCUT2D eigenvalue weighted by atomic mass is 10.0. The Kier molecular flexibility index (Phi) is 44.1. The summed E-state index contributed by atoms with van der Waals surface area (Å²) in [6.07, 6.45) is 43.5. The van der Waals surface area contributed by atoms with Gasteiger partial charge in [0.05, 0.1) is 12.2 Å². The van der Waals surface area contributed by atoms with Crippen molar-refractivity contribution in [3.05, 3.63) is 36.1 Å². The molecule has 0 rings (SSSR count). The average molecular weight is 882 g/mol. The lowest BCUT2D eigenvalue weighted by Crippen LogP contribution is -2.34. The molecule has 0 aliphatic heterocycles. The highest BCUT2D eigenvalue weighted by Crippen LogP contribution is 2.22. The summed E-state index contributed by atoms with van der Waals surface area (Å²) in [4.78, 5) is 30.5. The van der Waals surface area contributed by atoms with Crippen LogP contribution in [0, 0.1) is 0 Å². The zero-order valence-corrected chi connectivity index (χ0v) is 42.7. The first kappa shape index (κ1) is 60.4. The number of aliphatic imine (C=N–C) groups is 1. The third-order valence-electron chi connectivity index (χ3n) is 12.4. The fourth-order valence-electron chi connectivity index (χ4n) is 8.37. The second kappa shape index (κ2) is 46.0. The van der Waals surface area contributed by atoms with E-state index in [9.17, 15) is 9.59 Å². The molecule has 0 aromatic heterocycles. The molecule has 7 heteroatoms. The highest BCUT2D eigenvalue weighted by atomic mass is 16.5. The standard InChI is InChI=1S/C56H103N3O4/c1-9-15-18-21-26-33-41-52(12-4)62-53(13-5)42-34-29-24-31-38-47-59(49-40-46-57-56(50(7)60)58-51(8)61)48-39-32-25-30-35-43-54(14-6)63-55(44-36-27-22-19-16-10-2)45-37-28-23-20-17-11-3/h52,55H,5-6,9-12,15-49H2,1-4,7-8H3,(H,57,58,61). The van der Waals surface area contributed by atoms with Gasteiger partial charge in [0.1, 0.15) is 11.5 Å². The van der Waals surface area contributed by atoms with Crippen LogP contribution >= 0.6 is 0 Å². The molecule has 0 radical (unpaired) electrons. The van der Waals surface area contributed by atoms with Crippen LogP contribution in [0.15, 0.2) is 41.1 Å². The van der Waals surface area contributed by atoms with E-state index in [4.69, 9.17) is 9.47 Å². The Hall–Kier alpha value is -2.59. The molecule has 0 saturated heterocycles. The molecule has 1 unspecified atom stereocenters. The molecule has 63 heavy (non-hydrogen) atoms. The van der Waals surface area contributed by atoms with E-state index in [0.717, 1.165) is 88.9 Å². The van der Waals surface area contributed by atoms with Gasteiger partial charge < -0.3 is 19.7 Å². The van der Waals surface area contributed by atoms with Gasteiger partial charge in [-0.15, -0.1) is 0 Å². The summed E-state index contributed by atoms with van der Waals surface area (Å²) in [5.41, 5.74) is 6.27. The molecule has 1 atom stereocenters. The van der Waals surface area contributed by atoms with Crippen molar-refractivity contribution >= 4 is 17.5 Å². The van der Waals surface area contributed by atoms with Crippen molar-refractivity contribution in [1.82, 2.24) is 10.2 Å². The number of nitrogens with one attached hydrogen (secondary N) is 1. The quantitative estimate of drug-likeness (QED) is 0.0217. The zero-order valence-electron chi connectivity index (χ0n) is 42.7. The maximum atomic E-state index is 12.0. The number of ketones is 1. The zero-order chi connectivity index (χ0) is 46.4. The van der Waals surface area contributed by atoms with E-state index in [1.54, 1.807) is 0 Å². The number of hydrogen-bond donors (Lipinski definition) is 1. The van der Waals surface area contributed by atoms with Crippen LogP contribution in [0.1, 0.15) is 266 Å². The Labute approximate surface area is 391 Å². The number of unbranched alkanes of at least 4 members (excludes halogenated alkanes) is 23. The van der Waals surface area contributed by atoms with Gasteiger partial charge in [-0.3, -0.25) is 14.6 Å². The summed E-state index contributed by atoms with van der Waals surface area (Å²) in [6.45, 7) is 23.5. The normalized spacial score (nSPS) is 12.0. The van der Waals surface area contributed by atoms with Gasteiger partial charge in [-0.1, -0.05) is 187 Å². The number of nitrogens with zero attached hydrogens (tertiary/aromatic N) is 2. The molecule has 1 amide bonds. The van der Waals surface area contributed by atoms with Crippen molar-refractivity contribution in [3.63, 3.8) is 0 Å². The van der Waals surface area contributed by atoms with Crippen LogP contribution < -0.4 is 5.32 Å². The smallest absolute Gasteiger partial charge is 0.222 e. The van der Waals surface area contributed by atoms with Gasteiger partial charge in [0.2, 0.25) is 5.91 Å². The Morgan fingerprint density at radius 3 is 1.27 bits per heavy atom. The van der Waals surface area contributed by atoms with Crippen LogP contribution in [0.5, 0.6) is 0 Å². The largest absolute Gasteiger partial charge is 0.487 e. The summed E-state index contributed by atoms with van der Waals surface area (Å²) >= 11 is 0. The Bertz CT molecular complexity index is 1200. The summed E-state index contributed by atoms with van der Waals surface area (Å²) in [7, 11) is 0. The van der Waals surface area contributed by atoms with E-state index < -0.39 is 0 Å². The van der Waals surface area contributed by atoms with E-state index in [0.29, 0.717) is 12.6 Å². The second-order valence-corrected chi connectivity index (χ2v) is 18.5. The predicted molar refractivity (Wildman–Crippen MR) is 273 cm³/mol. The topological polar surface area (TPSA) is 80.2 Å². The number of hydrogen-bond acceptors (Lipinski definition) is 6. The SMILES string of the molecule is C=C=C(CCCCCCCN(CCCCCCCC(=C=C)OC(CCCCCCCC)CCCCCCCC)CCCN=C(NC(C)=O)C(C)=O)OC(CC)CCCCCCCC. The van der Waals surface area contributed by atoms with Crippen molar-refractivity contribution < 1.29 is 19.1 Å². The minimum absolute atomic E-state index is 0.169. The Morgan fingerprint density at radius 2 is 0.873 bits per heavy atom. The van der Waals surface area contributed by atoms with Gasteiger partial charge in [0, 0.05) is 33.2 Å². The molecular formula is C56H103N3O4. The second-order valence-electron chi connectivity index (χ2n) is 18.5. The lowest BCUT2D eigenvalue weighted by molar-refractivity contribution is -0.118. The van der Waals surface area contributed by atoms with Gasteiger partial charge in [0.25, 0.3) is 0 Å². The number of rotatable bonds is 47. The van der Waals surface area contributed by atoms with Crippen LogP contribution in [-0.2, 0) is 19.1 Å². The molecule has 366 valence electrons. The third-order valence-corrected chi connectivity index (χ3v) is 12.4. The molecule has 0 aromatic rings. The Morgan fingerprint density at radius 1 is 0.508 bits per heavy atom. The van der Waals surface area contributed by atoms with Crippen molar-refractivity contribution in [2.24, 2.45) is 4.99 Å². The third kappa shape index (κ3) is 39.5. The summed E-state index contributed by atoms with van der Waals surface area (Å²) < 4.78 is 13.0. The van der Waals surface area contributed by atoms with Gasteiger partial charge in [-0.25, -0.2) is 0 Å². The summed E-state index contributed by atoms with van der Waals surface area (Å²) in [6, 6.07) is 0. The number of amides is 1. The molecule has 0 aromatic carbocycles. The van der Waals surface area contributed by atoms with Crippen molar-refractivity contribution in [3.8, 4) is 0 Å². The molecule has 0 aliphatic carbocycles. The maximum absolute atomic E-state index is 12.0. The van der Waals surface area contributed by atoms with Crippen LogP contribution in [0.4, 0.5) is 0 Å². The highest BCUT2D eigenvalue weighted by molar-refractivity contribution is 6.40. The molecule has 1 N–H and O–H groups in total. The fraction of sp³-hybridized carbons (Fsp3) is 0.839. The highest BCUT2D eigenvalue weighted by Gasteiger charge is 2.14. The average Bonchev–Trinajstić information content (AvgIpc) is 3.27. The molecule has 0 spiro atoms. The van der Waals surface area contributed by atoms with Crippen LogP contribution in [0.3, 0.4) is 0 Å². The first-order valence-corrected chi connectivity index (χ1v) is 26.9. The molecule has 0 heterocycles. The van der Waals surface area contributed by atoms with E-state index >= 15 is 0 Å². The summed E-state index contributed by atoms with van der Waals surface area (Å²) in [5.74, 6) is 1.63. The van der Waals surface area contributed by atoms with Crippen LogP contribution in [-0.4, -0.2) is 60.8 Å². The molecule has 0 bridgehead atoms. The van der Waals surface area contributed by atoms with Gasteiger partial charge in [-0.2, -0.15) is 0 Å². The van der Waals surface area contributed by atoms with E-state index in [2.05, 4.69) is 67.5 Å². The fourth-order valence-corrected chi connectivity index (χ4v) is 8.37. The van der Waals surface area contributed by atoms with Crippen molar-refractivity contribution in [1.29, 1.82) is 0 Å². The Balaban J connectivity index is 4.85. The first-order chi connectivity index (χ1) is 30.7. The first-order valence-electron chi connectivity index (χ1n) is 26.9. The molecule has 0 aliphatic rings. The van der Waals surface area contributed by atoms with Gasteiger partial charge in [-0.05, 0) is 96.7 Å². The van der Waals surface area contributed by atoms with Crippen LogP contribution in [0.2, 0.25) is 0 Å². The van der Waals surface area contributed by atoms with Crippen molar-refractivity contribution in [2.75, 3.05) is 26.2 Å². The van der Waals surface area contributed by atoms with E-state index in [1.165, 1.54) is 181 Å². The minimum Gasteiger partial charge on any atom is -0.487 e. The lowest BCUT2D eigenvalue weighted by Gasteiger charge is -2.22. The number of Topliss-reactive ketones (excluding diaryl/α,β-unsaturated/α-hetero) is 1. The number of allylic oxidation sites excluding steroid dienone is 2. The number of amidine groups is 1. The maximum Gasteiger partial charge on any atom is 0.222 e. The van der Waals surface area contributed by atoms with E-state index in [-0.39, 0.29) is 23.6 Å².